The Morgan fingerprint density at radius 3 is 1.11 bits per heavy atom. The molecule has 2 heterocycles. The highest BCUT2D eigenvalue weighted by atomic mass is 19.1. The molecule has 1 aliphatic carbocycles. The van der Waals surface area contributed by atoms with Crippen LogP contribution in [0.25, 0.3) is 0 Å². The van der Waals surface area contributed by atoms with Gasteiger partial charge in [-0.1, -0.05) is 138 Å². The third kappa shape index (κ3) is 29.6. The van der Waals surface area contributed by atoms with E-state index in [4.69, 9.17) is 14.2 Å². The molecule has 3 fully saturated rings. The minimum Gasteiger partial charge on any atom is -0.378 e. The van der Waals surface area contributed by atoms with Gasteiger partial charge in [0.1, 0.15) is 17.5 Å². The Balaban J connectivity index is -0.000000134. The molecule has 0 N–H and O–H groups in total. The first-order chi connectivity index (χ1) is 24.0. The second-order valence-electron chi connectivity index (χ2n) is 15.3. The van der Waals surface area contributed by atoms with Crippen LogP contribution in [0.1, 0.15) is 152 Å². The largest absolute Gasteiger partial charge is 0.378 e. The number of benzene rings is 3. The van der Waals surface area contributed by atoms with E-state index in [2.05, 4.69) is 72.7 Å². The van der Waals surface area contributed by atoms with Crippen LogP contribution in [0.3, 0.4) is 0 Å². The predicted octanol–water partition coefficient (Wildman–Crippen LogP) is 16.4. The lowest BCUT2D eigenvalue weighted by Crippen LogP contribution is -2.27. The minimum absolute atomic E-state index is 0. The zero-order chi connectivity index (χ0) is 38.5. The summed E-state index contributed by atoms with van der Waals surface area (Å²) in [6.45, 7) is 26.7. The molecular formula is C50H91F3O3. The van der Waals surface area contributed by atoms with E-state index < -0.39 is 11.6 Å². The summed E-state index contributed by atoms with van der Waals surface area (Å²) < 4.78 is 53.5. The lowest BCUT2D eigenvalue weighted by molar-refractivity contribution is -0.187. The highest BCUT2D eigenvalue weighted by Crippen LogP contribution is 2.27. The summed E-state index contributed by atoms with van der Waals surface area (Å²) in [6.07, 6.45) is 9.03. The van der Waals surface area contributed by atoms with Crippen LogP contribution in [0.2, 0.25) is 0 Å². The van der Waals surface area contributed by atoms with Crippen molar-refractivity contribution < 1.29 is 28.8 Å². The summed E-state index contributed by atoms with van der Waals surface area (Å²) >= 11 is 0. The lowest BCUT2D eigenvalue weighted by Gasteiger charge is -2.24. The van der Waals surface area contributed by atoms with Crippen LogP contribution in [0, 0.1) is 82.7 Å². The summed E-state index contributed by atoms with van der Waals surface area (Å²) in [5, 5.41) is 0. The van der Waals surface area contributed by atoms with E-state index in [1.54, 1.807) is 19.9 Å². The molecule has 3 aliphatic rings. The van der Waals surface area contributed by atoms with Crippen molar-refractivity contribution in [2.45, 2.75) is 171 Å². The number of hydrogen-bond acceptors (Lipinski definition) is 3. The van der Waals surface area contributed by atoms with Crippen LogP contribution < -0.4 is 0 Å². The highest BCUT2D eigenvalue weighted by Gasteiger charge is 2.15. The summed E-state index contributed by atoms with van der Waals surface area (Å²) in [7, 11) is 0. The maximum atomic E-state index is 12.6. The van der Waals surface area contributed by atoms with Crippen LogP contribution in [0.15, 0.2) is 54.6 Å². The smallest absolute Gasteiger partial charge is 0.154 e. The first kappa shape index (κ1) is 62.5. The van der Waals surface area contributed by atoms with Gasteiger partial charge >= 0.3 is 0 Å². The van der Waals surface area contributed by atoms with Gasteiger partial charge in [0, 0.05) is 19.5 Å². The quantitative estimate of drug-likeness (QED) is 0.227. The van der Waals surface area contributed by atoms with Gasteiger partial charge < -0.3 is 14.2 Å². The predicted molar refractivity (Wildman–Crippen MR) is 245 cm³/mol. The fourth-order valence-electron chi connectivity index (χ4n) is 5.24. The van der Waals surface area contributed by atoms with Gasteiger partial charge in [0.25, 0.3) is 0 Å². The lowest BCUT2D eigenvalue weighted by atomic mass is 9.84. The molecule has 2 atom stereocenters. The Bertz CT molecular complexity index is 1220. The summed E-state index contributed by atoms with van der Waals surface area (Å²) in [6, 6.07) is 16.3. The molecule has 1 saturated carbocycles. The zero-order valence-corrected chi connectivity index (χ0v) is 33.9. The number of aryl methyl sites for hydroxylation is 5. The van der Waals surface area contributed by atoms with Crippen molar-refractivity contribution in [1.82, 2.24) is 0 Å². The molecule has 330 valence electrons. The highest BCUT2D eigenvalue weighted by molar-refractivity contribution is 5.24. The summed E-state index contributed by atoms with van der Waals surface area (Å²) in [5.74, 6) is 2.35. The number of ether oxygens (including phenoxy) is 3. The summed E-state index contributed by atoms with van der Waals surface area (Å²) in [5.41, 5.74) is 5.04. The number of rotatable bonds is 0. The van der Waals surface area contributed by atoms with Gasteiger partial charge in [0.2, 0.25) is 0 Å². The van der Waals surface area contributed by atoms with Crippen molar-refractivity contribution in [1.29, 1.82) is 0 Å². The third-order valence-electron chi connectivity index (χ3n) is 9.24. The minimum atomic E-state index is -0.475. The van der Waals surface area contributed by atoms with Crippen LogP contribution >= 0.6 is 0 Å². The van der Waals surface area contributed by atoms with Gasteiger partial charge in [-0.3, -0.25) is 0 Å². The first-order valence-corrected chi connectivity index (χ1v) is 19.0. The Morgan fingerprint density at radius 1 is 0.429 bits per heavy atom. The van der Waals surface area contributed by atoms with Crippen molar-refractivity contribution >= 4 is 0 Å². The molecule has 0 radical (unpaired) electrons. The first-order valence-electron chi connectivity index (χ1n) is 19.0. The second-order valence-corrected chi connectivity index (χ2v) is 15.3. The second kappa shape index (κ2) is 34.4. The van der Waals surface area contributed by atoms with Crippen molar-refractivity contribution in [3.05, 3.63) is 105 Å². The maximum Gasteiger partial charge on any atom is 0.154 e. The van der Waals surface area contributed by atoms with Gasteiger partial charge in [0.05, 0.1) is 19.3 Å². The zero-order valence-electron chi connectivity index (χ0n) is 33.9. The average Bonchev–Trinajstić information content (AvgIpc) is 3.09. The molecule has 2 aliphatic heterocycles. The van der Waals surface area contributed by atoms with Crippen molar-refractivity contribution in [2.75, 3.05) is 19.8 Å². The molecule has 6 heteroatoms. The van der Waals surface area contributed by atoms with Crippen molar-refractivity contribution in [2.24, 2.45) is 23.7 Å². The summed E-state index contributed by atoms with van der Waals surface area (Å²) in [4.78, 5) is 0. The molecule has 56 heavy (non-hydrogen) atoms. The van der Waals surface area contributed by atoms with Crippen LogP contribution in [0.4, 0.5) is 13.2 Å². The fourth-order valence-corrected chi connectivity index (χ4v) is 5.24. The molecule has 3 nitrogen and oxygen atoms in total. The van der Waals surface area contributed by atoms with Crippen LogP contribution in [0.5, 0.6) is 0 Å². The van der Waals surface area contributed by atoms with Gasteiger partial charge in [0.15, 0.2) is 6.29 Å². The standard InChI is InChI=1S/C8H8F2.C8H9F.C8H16.C8H10.C7H14O.C6H12O2.5CH4.H2/c1-5-3-7(9)6(2)8(10)4-5;1-6-3-4-7(2)8(9)5-6;2*1-7-3-5-8(2)6-4-7;1-6-3-4-7(2)8-5-6;1-5-3-7-6(2)8-4-5;;;;;;/h3-4H,1-2H3;3-5H,1-2H3;7-8H,3-6H2,1-2H3;3-6H,1-2H3;6-7H,3-5H2,1-2H3;5-6H,3-4H2,1-2H3;5*1H4;1H. The van der Waals surface area contributed by atoms with Crippen LogP contribution in [-0.2, 0) is 14.2 Å². The molecule has 3 aromatic carbocycles. The normalized spacial score (nSPS) is 21.7. The Hall–Kier alpha value is -2.67. The molecule has 0 bridgehead atoms. The van der Waals surface area contributed by atoms with E-state index in [0.29, 0.717) is 23.1 Å². The molecule has 0 spiro atoms. The van der Waals surface area contributed by atoms with Gasteiger partial charge in [-0.2, -0.15) is 0 Å². The van der Waals surface area contributed by atoms with Gasteiger partial charge in [-0.25, -0.2) is 13.2 Å². The Kier molecular flexibility index (Phi) is 38.4. The van der Waals surface area contributed by atoms with Crippen LogP contribution in [-0.4, -0.2) is 32.2 Å². The fraction of sp³-hybridized carbons (Fsp3) is 0.640. The average molecular weight is 797 g/mol. The number of halogens is 3. The molecule has 0 aromatic heterocycles. The van der Waals surface area contributed by atoms with E-state index >= 15 is 0 Å². The van der Waals surface area contributed by atoms with Crippen molar-refractivity contribution in [3.8, 4) is 0 Å². The van der Waals surface area contributed by atoms with E-state index in [9.17, 15) is 13.2 Å². The molecule has 0 amide bonds. The molecule has 3 aromatic rings. The maximum absolute atomic E-state index is 12.6. The Morgan fingerprint density at radius 2 is 0.786 bits per heavy atom. The van der Waals surface area contributed by atoms with Gasteiger partial charge in [-0.15, -0.1) is 0 Å². The molecule has 6 rings (SSSR count). The van der Waals surface area contributed by atoms with Gasteiger partial charge in [-0.05, 0) is 121 Å². The molecular weight excluding hydrogens is 706 g/mol. The Labute approximate surface area is 348 Å². The molecule has 2 saturated heterocycles. The van der Waals surface area contributed by atoms with E-state index in [-0.39, 0.29) is 56.2 Å². The van der Waals surface area contributed by atoms with E-state index in [0.717, 1.165) is 43.1 Å². The van der Waals surface area contributed by atoms with E-state index in [1.807, 2.05) is 19.9 Å². The topological polar surface area (TPSA) is 27.7 Å². The third-order valence-corrected chi connectivity index (χ3v) is 9.24. The molecule has 2 unspecified atom stereocenters. The monoisotopic (exact) mass is 797 g/mol. The van der Waals surface area contributed by atoms with Crippen molar-refractivity contribution in [3.63, 3.8) is 0 Å². The number of hydrogen-bond donors (Lipinski definition) is 0. The van der Waals surface area contributed by atoms with E-state index in [1.165, 1.54) is 74.8 Å². The SMILES string of the molecule is C.C.C.C.C.CC1CCC(C)CC1.CC1CCC(C)OC1.CC1COC(C)OC1.Cc1cc(F)c(C)c(F)c1.Cc1ccc(C)c(F)c1.Cc1ccc(C)cc1.[HH].